The molecule has 0 spiro atoms. The molecule has 1 aromatic heterocycles. The number of hydrogen-bond donors (Lipinski definition) is 1. The van der Waals surface area contributed by atoms with E-state index in [9.17, 15) is 5.11 Å². The van der Waals surface area contributed by atoms with Gasteiger partial charge in [0, 0.05) is 17.7 Å². The SMILES string of the molecule is Cn1ncc(Br)c1C(O)C1CSc2ccccc2O1. The molecule has 4 nitrogen and oxygen atoms in total. The Labute approximate surface area is 123 Å². The van der Waals surface area contributed by atoms with E-state index in [1.165, 1.54) is 0 Å². The molecule has 0 bridgehead atoms. The van der Waals surface area contributed by atoms with Gasteiger partial charge in [-0.2, -0.15) is 5.10 Å². The van der Waals surface area contributed by atoms with Crippen LogP contribution in [0.4, 0.5) is 0 Å². The molecule has 0 amide bonds. The van der Waals surface area contributed by atoms with Gasteiger partial charge in [-0.25, -0.2) is 0 Å². The van der Waals surface area contributed by atoms with Crippen molar-refractivity contribution in [3.05, 3.63) is 40.6 Å². The van der Waals surface area contributed by atoms with Crippen LogP contribution >= 0.6 is 27.7 Å². The van der Waals surface area contributed by atoms with Gasteiger partial charge in [0.25, 0.3) is 0 Å². The van der Waals surface area contributed by atoms with Gasteiger partial charge in [0.05, 0.1) is 16.4 Å². The molecule has 2 heterocycles. The average Bonchev–Trinajstić information content (AvgIpc) is 2.77. The van der Waals surface area contributed by atoms with Crippen molar-refractivity contribution in [1.82, 2.24) is 9.78 Å². The molecule has 1 N–H and O–H groups in total. The summed E-state index contributed by atoms with van der Waals surface area (Å²) in [6, 6.07) is 7.89. The Morgan fingerprint density at radius 3 is 3.05 bits per heavy atom. The normalized spacial score (nSPS) is 19.6. The molecule has 0 fully saturated rings. The molecule has 6 heteroatoms. The average molecular weight is 341 g/mol. The van der Waals surface area contributed by atoms with Gasteiger partial charge in [-0.15, -0.1) is 11.8 Å². The third-order valence-electron chi connectivity index (χ3n) is 3.10. The first kappa shape index (κ1) is 13.0. The topological polar surface area (TPSA) is 47.3 Å². The van der Waals surface area contributed by atoms with Gasteiger partial charge in [-0.1, -0.05) is 12.1 Å². The number of ether oxygens (including phenoxy) is 1. The van der Waals surface area contributed by atoms with Crippen LogP contribution in [0.25, 0.3) is 0 Å². The summed E-state index contributed by atoms with van der Waals surface area (Å²) in [6.07, 6.45) is 0.706. The smallest absolute Gasteiger partial charge is 0.140 e. The van der Waals surface area contributed by atoms with Crippen molar-refractivity contribution in [2.24, 2.45) is 7.05 Å². The molecule has 2 aromatic rings. The highest BCUT2D eigenvalue weighted by atomic mass is 79.9. The number of aliphatic hydroxyl groups excluding tert-OH is 1. The highest BCUT2D eigenvalue weighted by Gasteiger charge is 2.31. The first-order valence-corrected chi connectivity index (χ1v) is 7.68. The van der Waals surface area contributed by atoms with Crippen LogP contribution in [0.5, 0.6) is 5.75 Å². The molecule has 1 aliphatic rings. The molecule has 2 unspecified atom stereocenters. The fraction of sp³-hybridized carbons (Fsp3) is 0.308. The second-order valence-corrected chi connectivity index (χ2v) is 6.28. The minimum Gasteiger partial charge on any atom is -0.485 e. The molecule has 0 saturated heterocycles. The Morgan fingerprint density at radius 1 is 1.53 bits per heavy atom. The fourth-order valence-electron chi connectivity index (χ4n) is 2.12. The van der Waals surface area contributed by atoms with E-state index in [1.807, 2.05) is 31.3 Å². The number of thioether (sulfide) groups is 1. The first-order valence-electron chi connectivity index (χ1n) is 5.91. The maximum atomic E-state index is 10.5. The lowest BCUT2D eigenvalue weighted by Crippen LogP contribution is -2.31. The van der Waals surface area contributed by atoms with Crippen LogP contribution in [0.15, 0.2) is 39.8 Å². The number of aliphatic hydroxyl groups is 1. The van der Waals surface area contributed by atoms with E-state index in [1.54, 1.807) is 22.6 Å². The Morgan fingerprint density at radius 2 is 2.32 bits per heavy atom. The van der Waals surface area contributed by atoms with Crippen LogP contribution in [-0.4, -0.2) is 26.7 Å². The van der Waals surface area contributed by atoms with Crippen molar-refractivity contribution in [2.45, 2.75) is 17.1 Å². The van der Waals surface area contributed by atoms with Crippen LogP contribution in [0, 0.1) is 0 Å². The van der Waals surface area contributed by atoms with E-state index in [0.29, 0.717) is 0 Å². The van der Waals surface area contributed by atoms with E-state index in [2.05, 4.69) is 21.0 Å². The predicted octanol–water partition coefficient (Wildman–Crippen LogP) is 2.77. The molecule has 0 aliphatic carbocycles. The number of benzene rings is 1. The summed E-state index contributed by atoms with van der Waals surface area (Å²) in [5.41, 5.74) is 0.741. The minimum absolute atomic E-state index is 0.272. The number of fused-ring (bicyclic) bond motifs is 1. The quantitative estimate of drug-likeness (QED) is 0.913. The maximum Gasteiger partial charge on any atom is 0.140 e. The van der Waals surface area contributed by atoms with Gasteiger partial charge < -0.3 is 9.84 Å². The molecular weight excluding hydrogens is 328 g/mol. The Hall–Kier alpha value is -0.980. The van der Waals surface area contributed by atoms with Crippen LogP contribution < -0.4 is 4.74 Å². The molecule has 0 saturated carbocycles. The van der Waals surface area contributed by atoms with Crippen LogP contribution in [0.1, 0.15) is 11.8 Å². The molecule has 2 atom stereocenters. The summed E-state index contributed by atoms with van der Waals surface area (Å²) in [4.78, 5) is 1.12. The fourth-order valence-corrected chi connectivity index (χ4v) is 3.73. The van der Waals surface area contributed by atoms with Gasteiger partial charge >= 0.3 is 0 Å². The zero-order chi connectivity index (χ0) is 13.4. The zero-order valence-electron chi connectivity index (χ0n) is 10.3. The highest BCUT2D eigenvalue weighted by molar-refractivity contribution is 9.10. The minimum atomic E-state index is -0.706. The lowest BCUT2D eigenvalue weighted by molar-refractivity contribution is 0.0399. The Bertz CT molecular complexity index is 583. The van der Waals surface area contributed by atoms with Crippen molar-refractivity contribution in [3.8, 4) is 5.75 Å². The second-order valence-electron chi connectivity index (χ2n) is 4.36. The van der Waals surface area contributed by atoms with E-state index >= 15 is 0 Å². The van der Waals surface area contributed by atoms with E-state index in [-0.39, 0.29) is 6.10 Å². The lowest BCUT2D eigenvalue weighted by atomic mass is 10.1. The third-order valence-corrected chi connectivity index (χ3v) is 4.85. The van der Waals surface area contributed by atoms with Crippen molar-refractivity contribution in [1.29, 1.82) is 0 Å². The number of rotatable bonds is 2. The molecule has 3 rings (SSSR count). The van der Waals surface area contributed by atoms with Crippen molar-refractivity contribution in [2.75, 3.05) is 5.75 Å². The molecule has 0 radical (unpaired) electrons. The number of hydrogen-bond acceptors (Lipinski definition) is 4. The third kappa shape index (κ3) is 2.40. The lowest BCUT2D eigenvalue weighted by Gasteiger charge is -2.29. The number of para-hydroxylation sites is 1. The van der Waals surface area contributed by atoms with Crippen LogP contribution in [-0.2, 0) is 7.05 Å². The summed E-state index contributed by atoms with van der Waals surface area (Å²) < 4.78 is 8.37. The number of aromatic nitrogens is 2. The van der Waals surface area contributed by atoms with Crippen molar-refractivity contribution in [3.63, 3.8) is 0 Å². The van der Waals surface area contributed by atoms with Gasteiger partial charge in [0.1, 0.15) is 18.0 Å². The number of halogens is 1. The van der Waals surface area contributed by atoms with E-state index < -0.39 is 6.10 Å². The predicted molar refractivity (Wildman–Crippen MR) is 77.4 cm³/mol. The van der Waals surface area contributed by atoms with Gasteiger partial charge in [-0.05, 0) is 28.1 Å². The van der Waals surface area contributed by atoms with Gasteiger partial charge in [-0.3, -0.25) is 4.68 Å². The summed E-state index contributed by atoms with van der Waals surface area (Å²) in [5, 5.41) is 14.6. The molecule has 1 aliphatic heterocycles. The molecule has 100 valence electrons. The zero-order valence-corrected chi connectivity index (χ0v) is 12.7. The Balaban J connectivity index is 1.85. The second kappa shape index (κ2) is 5.19. The number of nitrogens with zero attached hydrogens (tertiary/aromatic N) is 2. The van der Waals surface area contributed by atoms with Crippen molar-refractivity contribution < 1.29 is 9.84 Å². The standard InChI is InChI=1S/C13H13BrN2O2S/c1-16-12(8(14)6-15-16)13(17)10-7-19-11-5-3-2-4-9(11)18-10/h2-6,10,13,17H,7H2,1H3. The molecule has 1 aromatic carbocycles. The molecular formula is C13H13BrN2O2S. The first-order chi connectivity index (χ1) is 9.16. The summed E-state index contributed by atoms with van der Waals surface area (Å²) in [5.74, 6) is 1.55. The Kier molecular flexibility index (Phi) is 3.56. The van der Waals surface area contributed by atoms with Crippen molar-refractivity contribution >= 4 is 27.7 Å². The van der Waals surface area contributed by atoms with Gasteiger partial charge in [0.15, 0.2) is 0 Å². The van der Waals surface area contributed by atoms with E-state index in [0.717, 1.165) is 26.6 Å². The number of aryl methyl sites for hydroxylation is 1. The monoisotopic (exact) mass is 340 g/mol. The largest absolute Gasteiger partial charge is 0.485 e. The maximum absolute atomic E-state index is 10.5. The van der Waals surface area contributed by atoms with Crippen LogP contribution in [0.2, 0.25) is 0 Å². The molecule has 19 heavy (non-hydrogen) atoms. The summed E-state index contributed by atoms with van der Waals surface area (Å²) >= 11 is 5.11. The summed E-state index contributed by atoms with van der Waals surface area (Å²) in [7, 11) is 1.81. The van der Waals surface area contributed by atoms with Crippen LogP contribution in [0.3, 0.4) is 0 Å². The summed E-state index contributed by atoms with van der Waals surface area (Å²) in [6.45, 7) is 0. The highest BCUT2D eigenvalue weighted by Crippen LogP contribution is 2.39. The van der Waals surface area contributed by atoms with E-state index in [4.69, 9.17) is 4.74 Å². The van der Waals surface area contributed by atoms with Gasteiger partial charge in [0.2, 0.25) is 0 Å².